The van der Waals surface area contributed by atoms with E-state index in [1.807, 2.05) is 0 Å². The van der Waals surface area contributed by atoms with Crippen LogP contribution in [0.5, 0.6) is 0 Å². The second kappa shape index (κ2) is 6.64. The highest BCUT2D eigenvalue weighted by molar-refractivity contribution is 5.86. The molecule has 1 spiro atoms. The average molecular weight is 378 g/mol. The molecular weight excluding hydrogens is 348 g/mol. The Labute approximate surface area is 160 Å². The molecule has 1 aliphatic heterocycles. The molecule has 0 aromatic heterocycles. The summed E-state index contributed by atoms with van der Waals surface area (Å²) in [6.45, 7) is 13.4. The quantitative estimate of drug-likeness (QED) is 0.427. The number of esters is 3. The molecule has 27 heavy (non-hydrogen) atoms. The Kier molecular flexibility index (Phi) is 4.89. The highest BCUT2D eigenvalue weighted by atomic mass is 16.6. The molecule has 0 radical (unpaired) electrons. The molecule has 2 aliphatic carbocycles. The first kappa shape index (κ1) is 19.9. The van der Waals surface area contributed by atoms with E-state index in [-0.39, 0.29) is 41.7 Å². The largest absolute Gasteiger partial charge is 0.462 e. The Balaban J connectivity index is 2.08. The molecule has 6 unspecified atom stereocenters. The molecule has 0 aromatic rings. The number of carbonyl (C=O) groups excluding carboxylic acids is 3. The van der Waals surface area contributed by atoms with Crippen LogP contribution in [0.15, 0.2) is 12.2 Å². The summed E-state index contributed by atoms with van der Waals surface area (Å²) in [5.41, 5.74) is -0.728. The van der Waals surface area contributed by atoms with E-state index in [4.69, 9.17) is 14.2 Å². The van der Waals surface area contributed by atoms with Crippen molar-refractivity contribution in [3.05, 3.63) is 12.2 Å². The number of hydrogen-bond acceptors (Lipinski definition) is 6. The zero-order valence-electron chi connectivity index (χ0n) is 16.9. The average Bonchev–Trinajstić information content (AvgIpc) is 3.01. The van der Waals surface area contributed by atoms with Crippen molar-refractivity contribution in [2.24, 2.45) is 28.6 Å². The summed E-state index contributed by atoms with van der Waals surface area (Å²) in [6, 6.07) is 0. The standard InChI is InChI=1S/C21H30O6/c1-11(2)18(23)27-15-8-7-12(3)20(6)10-21(13(4)9-25-19(21)24)17(16(15)20)26-14(5)22/h11-12,15-17H,4,7-10H2,1-3,5-6H3. The van der Waals surface area contributed by atoms with E-state index in [1.165, 1.54) is 6.92 Å². The second-order valence-corrected chi connectivity index (χ2v) is 9.00. The first-order valence-corrected chi connectivity index (χ1v) is 9.77. The Morgan fingerprint density at radius 1 is 1.26 bits per heavy atom. The molecule has 1 saturated heterocycles. The van der Waals surface area contributed by atoms with Crippen molar-refractivity contribution in [3.8, 4) is 0 Å². The highest BCUT2D eigenvalue weighted by Gasteiger charge is 2.71. The fourth-order valence-electron chi connectivity index (χ4n) is 5.36. The van der Waals surface area contributed by atoms with Crippen LogP contribution in [0.3, 0.4) is 0 Å². The van der Waals surface area contributed by atoms with E-state index in [0.717, 1.165) is 6.42 Å². The molecular formula is C21H30O6. The summed E-state index contributed by atoms with van der Waals surface area (Å²) in [5, 5.41) is 0. The third-order valence-electron chi connectivity index (χ3n) is 7.05. The van der Waals surface area contributed by atoms with Gasteiger partial charge in [0.25, 0.3) is 0 Å². The molecule has 3 rings (SSSR count). The van der Waals surface area contributed by atoms with Gasteiger partial charge in [-0.1, -0.05) is 34.3 Å². The molecule has 6 atom stereocenters. The minimum atomic E-state index is -1.05. The van der Waals surface area contributed by atoms with Gasteiger partial charge in [0.05, 0.1) is 5.92 Å². The smallest absolute Gasteiger partial charge is 0.320 e. The van der Waals surface area contributed by atoms with Crippen molar-refractivity contribution in [1.29, 1.82) is 0 Å². The van der Waals surface area contributed by atoms with Gasteiger partial charge in [0.1, 0.15) is 24.2 Å². The van der Waals surface area contributed by atoms with Gasteiger partial charge >= 0.3 is 17.9 Å². The molecule has 1 heterocycles. The second-order valence-electron chi connectivity index (χ2n) is 9.00. The van der Waals surface area contributed by atoms with Crippen molar-refractivity contribution in [2.75, 3.05) is 6.61 Å². The topological polar surface area (TPSA) is 78.9 Å². The third-order valence-corrected chi connectivity index (χ3v) is 7.05. The lowest BCUT2D eigenvalue weighted by Crippen LogP contribution is -2.50. The lowest BCUT2D eigenvalue weighted by Gasteiger charge is -2.46. The maximum atomic E-state index is 12.8. The van der Waals surface area contributed by atoms with Gasteiger partial charge in [0.15, 0.2) is 0 Å². The van der Waals surface area contributed by atoms with E-state index in [2.05, 4.69) is 20.4 Å². The fourth-order valence-corrected chi connectivity index (χ4v) is 5.36. The Bertz CT molecular complexity index is 664. The van der Waals surface area contributed by atoms with E-state index < -0.39 is 23.6 Å². The summed E-state index contributed by atoms with van der Waals surface area (Å²) >= 11 is 0. The first-order valence-electron chi connectivity index (χ1n) is 9.77. The lowest BCUT2D eigenvalue weighted by atomic mass is 9.61. The van der Waals surface area contributed by atoms with Crippen molar-refractivity contribution in [2.45, 2.75) is 66.1 Å². The normalized spacial score (nSPS) is 40.8. The van der Waals surface area contributed by atoms with Crippen LogP contribution in [0.4, 0.5) is 0 Å². The molecule has 0 N–H and O–H groups in total. The molecule has 3 aliphatic rings. The zero-order chi connectivity index (χ0) is 20.1. The van der Waals surface area contributed by atoms with Crippen molar-refractivity contribution >= 4 is 17.9 Å². The fraction of sp³-hybridized carbons (Fsp3) is 0.762. The monoisotopic (exact) mass is 378 g/mol. The van der Waals surface area contributed by atoms with Crippen molar-refractivity contribution in [3.63, 3.8) is 0 Å². The van der Waals surface area contributed by atoms with E-state index in [1.54, 1.807) is 13.8 Å². The Morgan fingerprint density at radius 2 is 1.93 bits per heavy atom. The maximum Gasteiger partial charge on any atom is 0.320 e. The third kappa shape index (κ3) is 2.88. The van der Waals surface area contributed by atoms with E-state index >= 15 is 0 Å². The molecule has 6 nitrogen and oxygen atoms in total. The number of carbonyl (C=O) groups is 3. The predicted molar refractivity (Wildman–Crippen MR) is 97.4 cm³/mol. The number of hydrogen-bond donors (Lipinski definition) is 0. The van der Waals surface area contributed by atoms with Crippen LogP contribution >= 0.6 is 0 Å². The van der Waals surface area contributed by atoms with Crippen molar-refractivity contribution < 1.29 is 28.6 Å². The van der Waals surface area contributed by atoms with Gasteiger partial charge < -0.3 is 14.2 Å². The molecule has 0 bridgehead atoms. The summed E-state index contributed by atoms with van der Waals surface area (Å²) in [5.74, 6) is -1.33. The van der Waals surface area contributed by atoms with Crippen LogP contribution in [0, 0.1) is 28.6 Å². The summed E-state index contributed by atoms with van der Waals surface area (Å²) in [6.07, 6.45) is 0.945. The van der Waals surface area contributed by atoms with Gasteiger partial charge in [0.2, 0.25) is 0 Å². The molecule has 2 saturated carbocycles. The molecule has 3 fully saturated rings. The SMILES string of the molecule is C=C1COC(=O)C12CC1(C)C(C)CCC(OC(=O)C(C)C)C1C2OC(C)=O. The van der Waals surface area contributed by atoms with E-state index in [0.29, 0.717) is 18.4 Å². The number of rotatable bonds is 3. The number of cyclic esters (lactones) is 1. The lowest BCUT2D eigenvalue weighted by molar-refractivity contribution is -0.176. The van der Waals surface area contributed by atoms with Crippen LogP contribution in [0.1, 0.15) is 53.9 Å². The van der Waals surface area contributed by atoms with Crippen LogP contribution in [-0.2, 0) is 28.6 Å². The van der Waals surface area contributed by atoms with Crippen LogP contribution in [0.25, 0.3) is 0 Å². The van der Waals surface area contributed by atoms with Gasteiger partial charge in [0, 0.05) is 12.8 Å². The highest BCUT2D eigenvalue weighted by Crippen LogP contribution is 2.66. The zero-order valence-corrected chi connectivity index (χ0v) is 16.9. The van der Waals surface area contributed by atoms with Crippen LogP contribution < -0.4 is 0 Å². The summed E-state index contributed by atoms with van der Waals surface area (Å²) in [4.78, 5) is 37.1. The maximum absolute atomic E-state index is 12.8. The van der Waals surface area contributed by atoms with Gasteiger partial charge in [-0.3, -0.25) is 14.4 Å². The Morgan fingerprint density at radius 3 is 2.44 bits per heavy atom. The molecule has 0 amide bonds. The van der Waals surface area contributed by atoms with Gasteiger partial charge in [-0.05, 0) is 36.2 Å². The summed E-state index contributed by atoms with van der Waals surface area (Å²) in [7, 11) is 0. The van der Waals surface area contributed by atoms with E-state index in [9.17, 15) is 14.4 Å². The molecule has 150 valence electrons. The Hall–Kier alpha value is -1.85. The van der Waals surface area contributed by atoms with Gasteiger partial charge in [-0.25, -0.2) is 0 Å². The van der Waals surface area contributed by atoms with Crippen LogP contribution in [0.2, 0.25) is 0 Å². The van der Waals surface area contributed by atoms with Gasteiger partial charge in [-0.15, -0.1) is 0 Å². The number of fused-ring (bicyclic) bond motifs is 1. The summed E-state index contributed by atoms with van der Waals surface area (Å²) < 4.78 is 16.9. The number of ether oxygens (including phenoxy) is 3. The minimum absolute atomic E-state index is 0.143. The predicted octanol–water partition coefficient (Wildman–Crippen LogP) is 3.04. The minimum Gasteiger partial charge on any atom is -0.462 e. The van der Waals surface area contributed by atoms with Crippen molar-refractivity contribution in [1.82, 2.24) is 0 Å². The molecule has 6 heteroatoms. The van der Waals surface area contributed by atoms with Gasteiger partial charge in [-0.2, -0.15) is 0 Å². The van der Waals surface area contributed by atoms with Crippen LogP contribution in [-0.4, -0.2) is 36.7 Å². The molecule has 0 aromatic carbocycles. The first-order chi connectivity index (χ1) is 12.5.